The van der Waals surface area contributed by atoms with Crippen LogP contribution in [-0.2, 0) is 0 Å². The third-order valence-electron chi connectivity index (χ3n) is 4.78. The predicted octanol–water partition coefficient (Wildman–Crippen LogP) is 4.31. The number of halogens is 2. The molecule has 0 atom stereocenters. The van der Waals surface area contributed by atoms with E-state index in [1.54, 1.807) is 0 Å². The summed E-state index contributed by atoms with van der Waals surface area (Å²) < 4.78 is 0. The van der Waals surface area contributed by atoms with Crippen molar-refractivity contribution in [2.45, 2.75) is 18.9 Å². The molecule has 26 heavy (non-hydrogen) atoms. The lowest BCUT2D eigenvalue weighted by molar-refractivity contribution is 0.102. The predicted molar refractivity (Wildman–Crippen MR) is 114 cm³/mol. The molecule has 2 aromatic carbocycles. The molecule has 142 valence electrons. The molecular formula is C20H27Cl2N3O. The Morgan fingerprint density at radius 1 is 1.04 bits per heavy atom. The summed E-state index contributed by atoms with van der Waals surface area (Å²) in [5, 5.41) is 2.99. The van der Waals surface area contributed by atoms with E-state index in [2.05, 4.69) is 41.3 Å². The molecule has 0 bridgehead atoms. The van der Waals surface area contributed by atoms with Crippen LogP contribution in [-0.4, -0.2) is 44.0 Å². The average molecular weight is 396 g/mol. The Labute approximate surface area is 168 Å². The van der Waals surface area contributed by atoms with Crippen LogP contribution in [0.15, 0.2) is 54.6 Å². The third kappa shape index (κ3) is 5.63. The summed E-state index contributed by atoms with van der Waals surface area (Å²) in [6.07, 6.45) is 2.35. The van der Waals surface area contributed by atoms with Gasteiger partial charge < -0.3 is 15.1 Å². The number of rotatable bonds is 4. The monoisotopic (exact) mass is 395 g/mol. The molecule has 1 aliphatic rings. The van der Waals surface area contributed by atoms with E-state index in [9.17, 15) is 4.79 Å². The molecule has 0 spiro atoms. The number of carbonyl (C=O) groups is 1. The normalized spacial score (nSPS) is 14.7. The van der Waals surface area contributed by atoms with Crippen LogP contribution in [0.5, 0.6) is 0 Å². The summed E-state index contributed by atoms with van der Waals surface area (Å²) in [6, 6.07) is 18.0. The van der Waals surface area contributed by atoms with Crippen molar-refractivity contribution in [3.63, 3.8) is 0 Å². The fourth-order valence-corrected chi connectivity index (χ4v) is 3.19. The summed E-state index contributed by atoms with van der Waals surface area (Å²) in [7, 11) is 4.32. The second-order valence-corrected chi connectivity index (χ2v) is 6.52. The van der Waals surface area contributed by atoms with E-state index in [1.165, 1.54) is 12.8 Å². The van der Waals surface area contributed by atoms with Gasteiger partial charge in [0.1, 0.15) is 0 Å². The molecule has 1 amide bonds. The van der Waals surface area contributed by atoms with Gasteiger partial charge in [0, 0.05) is 30.0 Å². The van der Waals surface area contributed by atoms with Crippen molar-refractivity contribution in [2.75, 3.05) is 37.4 Å². The molecular weight excluding hydrogens is 369 g/mol. The highest BCUT2D eigenvalue weighted by molar-refractivity contribution is 6.04. The zero-order valence-corrected chi connectivity index (χ0v) is 16.9. The molecule has 0 radical (unpaired) electrons. The van der Waals surface area contributed by atoms with Crippen LogP contribution < -0.4 is 10.2 Å². The Hall–Kier alpha value is -1.75. The van der Waals surface area contributed by atoms with Crippen molar-refractivity contribution in [3.05, 3.63) is 60.2 Å². The topological polar surface area (TPSA) is 35.6 Å². The molecule has 0 aliphatic carbocycles. The van der Waals surface area contributed by atoms with Gasteiger partial charge in [-0.2, -0.15) is 0 Å². The van der Waals surface area contributed by atoms with Gasteiger partial charge in [0.15, 0.2) is 0 Å². The summed E-state index contributed by atoms with van der Waals surface area (Å²) in [5.74, 6) is -0.0744. The van der Waals surface area contributed by atoms with Crippen molar-refractivity contribution in [3.8, 4) is 0 Å². The molecule has 2 aromatic rings. The van der Waals surface area contributed by atoms with Crippen molar-refractivity contribution in [2.24, 2.45) is 0 Å². The molecule has 1 heterocycles. The number of nitrogens with zero attached hydrogens (tertiary/aromatic N) is 2. The maximum Gasteiger partial charge on any atom is 0.255 e. The van der Waals surface area contributed by atoms with Gasteiger partial charge in [0.05, 0.1) is 0 Å². The number of nitrogens with one attached hydrogen (secondary N) is 1. The van der Waals surface area contributed by atoms with Gasteiger partial charge in [0.25, 0.3) is 5.91 Å². The van der Waals surface area contributed by atoms with Crippen LogP contribution in [0.3, 0.4) is 0 Å². The highest BCUT2D eigenvalue weighted by Crippen LogP contribution is 2.24. The van der Waals surface area contributed by atoms with E-state index >= 15 is 0 Å². The second-order valence-electron chi connectivity index (χ2n) is 6.52. The van der Waals surface area contributed by atoms with Crippen LogP contribution in [0.1, 0.15) is 23.2 Å². The van der Waals surface area contributed by atoms with Gasteiger partial charge in [0.2, 0.25) is 0 Å². The van der Waals surface area contributed by atoms with E-state index in [4.69, 9.17) is 0 Å². The number of anilines is 2. The molecule has 1 saturated heterocycles. The van der Waals surface area contributed by atoms with E-state index in [0.29, 0.717) is 11.6 Å². The second kappa shape index (κ2) is 10.4. The molecule has 3 rings (SSSR count). The molecule has 1 aliphatic heterocycles. The minimum Gasteiger partial charge on any atom is -0.371 e. The number of benzene rings is 2. The fourth-order valence-electron chi connectivity index (χ4n) is 3.19. The van der Waals surface area contributed by atoms with Crippen LogP contribution >= 0.6 is 24.8 Å². The first-order chi connectivity index (χ1) is 11.6. The number of hydrogen-bond acceptors (Lipinski definition) is 3. The number of amides is 1. The van der Waals surface area contributed by atoms with Crippen LogP contribution in [0.4, 0.5) is 11.4 Å². The lowest BCUT2D eigenvalue weighted by Gasteiger charge is -2.36. The highest BCUT2D eigenvalue weighted by Gasteiger charge is 2.21. The van der Waals surface area contributed by atoms with Gasteiger partial charge in [-0.15, -0.1) is 24.8 Å². The Kier molecular flexibility index (Phi) is 8.93. The minimum absolute atomic E-state index is 0. The zero-order chi connectivity index (χ0) is 16.9. The van der Waals surface area contributed by atoms with Gasteiger partial charge in [-0.05, 0) is 63.3 Å². The maximum atomic E-state index is 12.3. The molecule has 6 heteroatoms. The minimum atomic E-state index is -0.0744. The smallest absolute Gasteiger partial charge is 0.255 e. The quantitative estimate of drug-likeness (QED) is 0.837. The van der Waals surface area contributed by atoms with Crippen molar-refractivity contribution in [1.29, 1.82) is 0 Å². The molecule has 0 saturated carbocycles. The molecule has 1 N–H and O–H groups in total. The van der Waals surface area contributed by atoms with Crippen LogP contribution in [0.25, 0.3) is 0 Å². The lowest BCUT2D eigenvalue weighted by atomic mass is 10.0. The SMILES string of the molecule is CN1CCC(N(C)c2cccc(NC(=O)c3ccccc3)c2)CC1.Cl.Cl. The van der Waals surface area contributed by atoms with Gasteiger partial charge in [-0.1, -0.05) is 24.3 Å². The average Bonchev–Trinajstić information content (AvgIpc) is 2.63. The summed E-state index contributed by atoms with van der Waals surface area (Å²) in [4.78, 5) is 17.0. The van der Waals surface area contributed by atoms with Gasteiger partial charge in [-0.3, -0.25) is 4.79 Å². The van der Waals surface area contributed by atoms with Crippen molar-refractivity contribution in [1.82, 2.24) is 4.90 Å². The van der Waals surface area contributed by atoms with Crippen LogP contribution in [0, 0.1) is 0 Å². The van der Waals surface area contributed by atoms with Gasteiger partial charge in [-0.25, -0.2) is 0 Å². The molecule has 4 nitrogen and oxygen atoms in total. The molecule has 0 unspecified atom stereocenters. The fraction of sp³-hybridized carbons (Fsp3) is 0.350. The maximum absolute atomic E-state index is 12.3. The van der Waals surface area contributed by atoms with E-state index in [0.717, 1.165) is 24.5 Å². The number of carbonyl (C=O) groups excluding carboxylic acids is 1. The number of piperidine rings is 1. The molecule has 0 aromatic heterocycles. The number of likely N-dealkylation sites (tertiary alicyclic amines) is 1. The van der Waals surface area contributed by atoms with Crippen LogP contribution in [0.2, 0.25) is 0 Å². The Morgan fingerprint density at radius 2 is 1.69 bits per heavy atom. The summed E-state index contributed by atoms with van der Waals surface area (Å²) in [5.41, 5.74) is 2.66. The van der Waals surface area contributed by atoms with Crippen molar-refractivity contribution >= 4 is 42.1 Å². The largest absolute Gasteiger partial charge is 0.371 e. The van der Waals surface area contributed by atoms with E-state index in [1.807, 2.05) is 42.5 Å². The van der Waals surface area contributed by atoms with E-state index < -0.39 is 0 Å². The summed E-state index contributed by atoms with van der Waals surface area (Å²) >= 11 is 0. The zero-order valence-electron chi connectivity index (χ0n) is 15.2. The Bertz CT molecular complexity index is 688. The van der Waals surface area contributed by atoms with E-state index in [-0.39, 0.29) is 30.7 Å². The summed E-state index contributed by atoms with van der Waals surface area (Å²) in [6.45, 7) is 2.28. The third-order valence-corrected chi connectivity index (χ3v) is 4.78. The Balaban J connectivity index is 0.00000169. The lowest BCUT2D eigenvalue weighted by Crippen LogP contribution is -2.42. The Morgan fingerprint density at radius 3 is 2.35 bits per heavy atom. The number of hydrogen-bond donors (Lipinski definition) is 1. The van der Waals surface area contributed by atoms with Gasteiger partial charge >= 0.3 is 0 Å². The standard InChI is InChI=1S/C20H25N3O.2ClH/c1-22-13-11-18(12-14-22)23(2)19-10-6-9-17(15-19)21-20(24)16-7-4-3-5-8-16;;/h3-10,15,18H,11-14H2,1-2H3,(H,21,24);2*1H. The first-order valence-electron chi connectivity index (χ1n) is 8.51. The van der Waals surface area contributed by atoms with Crippen molar-refractivity contribution < 1.29 is 4.79 Å². The molecule has 1 fully saturated rings. The first-order valence-corrected chi connectivity index (χ1v) is 8.51. The highest BCUT2D eigenvalue weighted by atomic mass is 35.5. The first kappa shape index (κ1) is 22.3.